The third-order valence-corrected chi connectivity index (χ3v) is 6.40. The molecule has 0 spiro atoms. The van der Waals surface area contributed by atoms with E-state index in [9.17, 15) is 13.2 Å². The van der Waals surface area contributed by atoms with Crippen molar-refractivity contribution < 1.29 is 27.4 Å². The van der Waals surface area contributed by atoms with Crippen LogP contribution in [0.25, 0.3) is 0 Å². The highest BCUT2D eigenvalue weighted by molar-refractivity contribution is 7.91. The number of alkyl halides is 1. The van der Waals surface area contributed by atoms with Gasteiger partial charge in [0.25, 0.3) is 0 Å². The zero-order valence-corrected chi connectivity index (χ0v) is 19.0. The van der Waals surface area contributed by atoms with Crippen LogP contribution in [0, 0.1) is 13.3 Å². The lowest BCUT2D eigenvalue weighted by Crippen LogP contribution is -2.25. The largest absolute Gasteiger partial charge is 0.492 e. The van der Waals surface area contributed by atoms with E-state index in [0.29, 0.717) is 5.75 Å². The molecule has 0 aromatic heterocycles. The second-order valence-electron chi connectivity index (χ2n) is 5.98. The standard InChI is InChI=1S/C20H19Cl3O6S/c1-3-8-27-19-6-4-15(9-17(19)22)30(25,26)16-5-7-20(18(23)10-16)28-12-14(11-21)29-13(2)24/h3-7,9-10,14H,1,8,11-12H2,2H3. The molecule has 2 aromatic carbocycles. The number of ether oxygens (including phenoxy) is 3. The number of halogens is 3. The van der Waals surface area contributed by atoms with Crippen LogP contribution >= 0.6 is 34.8 Å². The van der Waals surface area contributed by atoms with Gasteiger partial charge in [-0.25, -0.2) is 8.42 Å². The molecule has 0 aliphatic rings. The molecule has 1 unspecified atom stereocenters. The number of hydrogen-bond acceptors (Lipinski definition) is 6. The Balaban J connectivity index is 2.20. The molecule has 2 radical (unpaired) electrons. The molecule has 0 saturated carbocycles. The first-order valence-electron chi connectivity index (χ1n) is 8.63. The minimum atomic E-state index is -3.88. The third-order valence-electron chi connectivity index (χ3n) is 3.71. The van der Waals surface area contributed by atoms with E-state index in [1.165, 1.54) is 43.3 Å². The van der Waals surface area contributed by atoms with E-state index >= 15 is 0 Å². The van der Waals surface area contributed by atoms with E-state index in [0.717, 1.165) is 0 Å². The highest BCUT2D eigenvalue weighted by atomic mass is 35.5. The SMILES string of the molecule is [CH2][CH]COc1ccc(S(=O)(=O)c2ccc(OCC(CCl)OC(C)=O)c(Cl)c2)cc1Cl. The lowest BCUT2D eigenvalue weighted by molar-refractivity contribution is -0.146. The van der Waals surface area contributed by atoms with Crippen molar-refractivity contribution in [3.8, 4) is 11.5 Å². The van der Waals surface area contributed by atoms with Gasteiger partial charge in [0.1, 0.15) is 24.2 Å². The second-order valence-corrected chi connectivity index (χ2v) is 9.06. The molecular weight excluding hydrogens is 475 g/mol. The average molecular weight is 494 g/mol. The fourth-order valence-electron chi connectivity index (χ4n) is 2.34. The van der Waals surface area contributed by atoms with Gasteiger partial charge < -0.3 is 14.2 Å². The van der Waals surface area contributed by atoms with Crippen LogP contribution in [-0.2, 0) is 19.4 Å². The third kappa shape index (κ3) is 6.41. The normalized spacial score (nSPS) is 12.3. The van der Waals surface area contributed by atoms with Crippen LogP contribution in [-0.4, -0.2) is 39.6 Å². The molecule has 0 aliphatic heterocycles. The fourth-order valence-corrected chi connectivity index (χ4v) is 4.41. The molecular formula is C20H19Cl3O6S. The summed E-state index contributed by atoms with van der Waals surface area (Å²) in [6, 6.07) is 8.20. The van der Waals surface area contributed by atoms with Gasteiger partial charge in [0.2, 0.25) is 9.84 Å². The van der Waals surface area contributed by atoms with Crippen molar-refractivity contribution >= 4 is 50.6 Å². The van der Waals surface area contributed by atoms with Crippen LogP contribution in [0.15, 0.2) is 46.2 Å². The maximum atomic E-state index is 12.9. The fraction of sp³-hybridized carbons (Fsp3) is 0.250. The van der Waals surface area contributed by atoms with Crippen molar-refractivity contribution in [3.63, 3.8) is 0 Å². The number of carbonyl (C=O) groups excluding carboxylic acids is 1. The minimum Gasteiger partial charge on any atom is -0.492 e. The molecule has 162 valence electrons. The van der Waals surface area contributed by atoms with Gasteiger partial charge in [0.05, 0.1) is 32.3 Å². The van der Waals surface area contributed by atoms with Crippen LogP contribution < -0.4 is 9.47 Å². The summed E-state index contributed by atoms with van der Waals surface area (Å²) in [6.07, 6.45) is 0.890. The van der Waals surface area contributed by atoms with Gasteiger partial charge in [-0.15, -0.1) is 11.6 Å². The van der Waals surface area contributed by atoms with Crippen molar-refractivity contribution in [2.45, 2.75) is 22.8 Å². The van der Waals surface area contributed by atoms with Crippen LogP contribution in [0.2, 0.25) is 10.0 Å². The number of hydrogen-bond donors (Lipinski definition) is 0. The summed E-state index contributed by atoms with van der Waals surface area (Å²) in [4.78, 5) is 11.0. The quantitative estimate of drug-likeness (QED) is 0.350. The van der Waals surface area contributed by atoms with E-state index in [2.05, 4.69) is 6.92 Å². The molecule has 10 heteroatoms. The molecule has 0 N–H and O–H groups in total. The molecule has 30 heavy (non-hydrogen) atoms. The molecule has 6 nitrogen and oxygen atoms in total. The van der Waals surface area contributed by atoms with E-state index in [1.807, 2.05) is 0 Å². The van der Waals surface area contributed by atoms with Crippen molar-refractivity contribution in [2.75, 3.05) is 19.1 Å². The summed E-state index contributed by atoms with van der Waals surface area (Å²) >= 11 is 18.0. The lowest BCUT2D eigenvalue weighted by atomic mass is 10.3. The van der Waals surface area contributed by atoms with Gasteiger partial charge in [-0.3, -0.25) is 4.79 Å². The minimum absolute atomic E-state index is 0.0137. The first-order chi connectivity index (χ1) is 14.2. The maximum absolute atomic E-state index is 12.9. The molecule has 0 fully saturated rings. The summed E-state index contributed by atoms with van der Waals surface area (Å²) in [5, 5.41) is 0.228. The van der Waals surface area contributed by atoms with Gasteiger partial charge in [-0.05, 0) is 49.7 Å². The Kier molecular flexibility index (Phi) is 9.09. The smallest absolute Gasteiger partial charge is 0.303 e. The maximum Gasteiger partial charge on any atom is 0.303 e. The molecule has 1 atom stereocenters. The molecule has 2 aromatic rings. The molecule has 0 heterocycles. The van der Waals surface area contributed by atoms with Crippen LogP contribution in [0.1, 0.15) is 6.92 Å². The predicted molar refractivity (Wildman–Crippen MR) is 115 cm³/mol. The Morgan fingerprint density at radius 2 is 1.60 bits per heavy atom. The molecule has 0 bridgehead atoms. The molecule has 0 saturated heterocycles. The van der Waals surface area contributed by atoms with Crippen LogP contribution in [0.5, 0.6) is 11.5 Å². The van der Waals surface area contributed by atoms with E-state index < -0.39 is 21.9 Å². The Hall–Kier alpha value is -1.67. The van der Waals surface area contributed by atoms with Crippen LogP contribution in [0.4, 0.5) is 0 Å². The number of rotatable bonds is 10. The van der Waals surface area contributed by atoms with Gasteiger partial charge in [-0.2, -0.15) is 0 Å². The van der Waals surface area contributed by atoms with E-state index in [4.69, 9.17) is 49.0 Å². The first kappa shape index (κ1) is 24.6. The van der Waals surface area contributed by atoms with Gasteiger partial charge in [0.15, 0.2) is 0 Å². The predicted octanol–water partition coefficient (Wildman–Crippen LogP) is 4.79. The monoisotopic (exact) mass is 492 g/mol. The Bertz CT molecular complexity index is 994. The van der Waals surface area contributed by atoms with Crippen LogP contribution in [0.3, 0.4) is 0 Å². The van der Waals surface area contributed by atoms with Gasteiger partial charge >= 0.3 is 5.97 Å². The highest BCUT2D eigenvalue weighted by Crippen LogP contribution is 2.33. The van der Waals surface area contributed by atoms with Crippen molar-refractivity contribution in [1.82, 2.24) is 0 Å². The summed E-state index contributed by atoms with van der Waals surface area (Å²) in [5.74, 6) is 0.121. The Morgan fingerprint density at radius 3 is 2.03 bits per heavy atom. The zero-order chi connectivity index (χ0) is 22.3. The molecule has 2 rings (SSSR count). The Labute approximate surface area is 190 Å². The number of sulfone groups is 1. The van der Waals surface area contributed by atoms with Crippen molar-refractivity contribution in [1.29, 1.82) is 0 Å². The van der Waals surface area contributed by atoms with Crippen molar-refractivity contribution in [2.24, 2.45) is 0 Å². The zero-order valence-electron chi connectivity index (χ0n) is 15.9. The Morgan fingerprint density at radius 1 is 1.07 bits per heavy atom. The number of benzene rings is 2. The molecule has 0 aliphatic carbocycles. The lowest BCUT2D eigenvalue weighted by Gasteiger charge is -2.16. The summed E-state index contributed by atoms with van der Waals surface area (Å²) < 4.78 is 41.7. The highest BCUT2D eigenvalue weighted by Gasteiger charge is 2.21. The topological polar surface area (TPSA) is 78.9 Å². The summed E-state index contributed by atoms with van der Waals surface area (Å²) in [7, 11) is -3.88. The van der Waals surface area contributed by atoms with E-state index in [-0.39, 0.29) is 44.7 Å². The van der Waals surface area contributed by atoms with Gasteiger partial charge in [0, 0.05) is 6.92 Å². The average Bonchev–Trinajstić information content (AvgIpc) is 2.70. The van der Waals surface area contributed by atoms with Gasteiger partial charge in [-0.1, -0.05) is 23.2 Å². The summed E-state index contributed by atoms with van der Waals surface area (Å²) in [6.45, 7) is 5.01. The molecule has 0 amide bonds. The van der Waals surface area contributed by atoms with Crippen molar-refractivity contribution in [3.05, 3.63) is 59.8 Å². The summed E-state index contributed by atoms with van der Waals surface area (Å²) in [5.41, 5.74) is 0. The number of carbonyl (C=O) groups is 1. The second kappa shape index (κ2) is 11.1. The van der Waals surface area contributed by atoms with E-state index in [1.54, 1.807) is 6.42 Å². The first-order valence-corrected chi connectivity index (χ1v) is 11.4. The number of esters is 1.